The van der Waals surface area contributed by atoms with E-state index in [0.29, 0.717) is 33.9 Å². The van der Waals surface area contributed by atoms with Gasteiger partial charge < -0.3 is 11.1 Å². The number of aryl methyl sites for hydroxylation is 2. The van der Waals surface area contributed by atoms with Gasteiger partial charge in [-0.15, -0.1) is 0 Å². The van der Waals surface area contributed by atoms with Gasteiger partial charge in [-0.25, -0.2) is 4.39 Å². The Bertz CT molecular complexity index is 678. The first-order valence-electron chi connectivity index (χ1n) is 6.47. The van der Waals surface area contributed by atoms with Crippen molar-refractivity contribution in [2.75, 3.05) is 5.73 Å². The van der Waals surface area contributed by atoms with Crippen LogP contribution in [0.2, 0.25) is 5.02 Å². The number of nitrogen functional groups attached to an aromatic ring is 1. The lowest BCUT2D eigenvalue weighted by Crippen LogP contribution is -2.24. The Hall–Kier alpha value is -2.07. The standard InChI is InChI=1S/C16H16ClFN2O/c1-9-5-11(6-10(2)15(9)18)8-20-16(21)13-4-3-12(17)7-14(13)19/h3-7H,8,19H2,1-2H3,(H,20,21). The van der Waals surface area contributed by atoms with E-state index < -0.39 is 0 Å². The van der Waals surface area contributed by atoms with E-state index in [9.17, 15) is 9.18 Å². The summed E-state index contributed by atoms with van der Waals surface area (Å²) in [6, 6.07) is 8.15. The maximum absolute atomic E-state index is 13.5. The van der Waals surface area contributed by atoms with Gasteiger partial charge in [0.2, 0.25) is 0 Å². The molecule has 21 heavy (non-hydrogen) atoms. The fraction of sp³-hybridized carbons (Fsp3) is 0.188. The third-order valence-corrected chi connectivity index (χ3v) is 3.44. The zero-order valence-corrected chi connectivity index (χ0v) is 12.6. The van der Waals surface area contributed by atoms with Gasteiger partial charge in [-0.3, -0.25) is 4.79 Å². The number of hydrogen-bond donors (Lipinski definition) is 2. The number of anilines is 1. The number of amides is 1. The van der Waals surface area contributed by atoms with Crippen LogP contribution in [0.25, 0.3) is 0 Å². The SMILES string of the molecule is Cc1cc(CNC(=O)c2ccc(Cl)cc2N)cc(C)c1F. The van der Waals surface area contributed by atoms with E-state index in [-0.39, 0.29) is 11.7 Å². The molecular formula is C16H16ClFN2O. The lowest BCUT2D eigenvalue weighted by molar-refractivity contribution is 0.0952. The van der Waals surface area contributed by atoms with Crippen LogP contribution in [0.1, 0.15) is 27.0 Å². The first-order chi connectivity index (χ1) is 9.88. The lowest BCUT2D eigenvalue weighted by Gasteiger charge is -2.10. The van der Waals surface area contributed by atoms with Crippen LogP contribution in [0.3, 0.4) is 0 Å². The van der Waals surface area contributed by atoms with Crippen LogP contribution in [-0.2, 0) is 6.54 Å². The van der Waals surface area contributed by atoms with Crippen molar-refractivity contribution in [3.05, 3.63) is 63.4 Å². The quantitative estimate of drug-likeness (QED) is 0.851. The van der Waals surface area contributed by atoms with Gasteiger partial charge in [-0.2, -0.15) is 0 Å². The van der Waals surface area contributed by atoms with Crippen molar-refractivity contribution < 1.29 is 9.18 Å². The molecule has 0 unspecified atom stereocenters. The topological polar surface area (TPSA) is 55.1 Å². The molecule has 0 heterocycles. The predicted octanol–water partition coefficient (Wildman–Crippen LogP) is 3.61. The summed E-state index contributed by atoms with van der Waals surface area (Å²) in [4.78, 5) is 12.1. The normalized spacial score (nSPS) is 10.5. The van der Waals surface area contributed by atoms with Crippen molar-refractivity contribution in [3.63, 3.8) is 0 Å². The summed E-state index contributed by atoms with van der Waals surface area (Å²) in [6.07, 6.45) is 0. The Labute approximate surface area is 127 Å². The summed E-state index contributed by atoms with van der Waals surface area (Å²) in [5.74, 6) is -0.504. The van der Waals surface area contributed by atoms with Crippen LogP contribution in [0.5, 0.6) is 0 Å². The molecular weight excluding hydrogens is 291 g/mol. The van der Waals surface area contributed by atoms with Crippen LogP contribution in [0.4, 0.5) is 10.1 Å². The zero-order valence-electron chi connectivity index (χ0n) is 11.8. The van der Waals surface area contributed by atoms with Crippen molar-refractivity contribution in [2.24, 2.45) is 0 Å². The van der Waals surface area contributed by atoms with Gasteiger partial charge in [0.25, 0.3) is 5.91 Å². The van der Waals surface area contributed by atoms with E-state index in [0.717, 1.165) is 5.56 Å². The van der Waals surface area contributed by atoms with E-state index in [2.05, 4.69) is 5.32 Å². The molecule has 0 fully saturated rings. The highest BCUT2D eigenvalue weighted by atomic mass is 35.5. The first-order valence-corrected chi connectivity index (χ1v) is 6.85. The first kappa shape index (κ1) is 15.3. The van der Waals surface area contributed by atoms with Gasteiger partial charge in [0, 0.05) is 17.3 Å². The molecule has 0 saturated heterocycles. The molecule has 0 saturated carbocycles. The van der Waals surface area contributed by atoms with Crippen LogP contribution in [0.15, 0.2) is 30.3 Å². The van der Waals surface area contributed by atoms with Gasteiger partial charge >= 0.3 is 0 Å². The molecule has 1 amide bonds. The number of rotatable bonds is 3. The van der Waals surface area contributed by atoms with Crippen molar-refractivity contribution >= 4 is 23.2 Å². The summed E-state index contributed by atoms with van der Waals surface area (Å²) < 4.78 is 13.5. The van der Waals surface area contributed by atoms with Crippen molar-refractivity contribution in [3.8, 4) is 0 Å². The fourth-order valence-corrected chi connectivity index (χ4v) is 2.34. The second-order valence-corrected chi connectivity index (χ2v) is 5.39. The molecule has 0 aliphatic rings. The summed E-state index contributed by atoms with van der Waals surface area (Å²) in [6.45, 7) is 3.71. The van der Waals surface area contributed by atoms with Gasteiger partial charge in [0.15, 0.2) is 0 Å². The van der Waals surface area contributed by atoms with Crippen LogP contribution in [-0.4, -0.2) is 5.91 Å². The Morgan fingerprint density at radius 1 is 1.24 bits per heavy atom. The second-order valence-electron chi connectivity index (χ2n) is 4.96. The third-order valence-electron chi connectivity index (χ3n) is 3.21. The minimum atomic E-state index is -0.288. The van der Waals surface area contributed by atoms with Crippen LogP contribution < -0.4 is 11.1 Å². The van der Waals surface area contributed by atoms with Crippen LogP contribution in [0, 0.1) is 19.7 Å². The lowest BCUT2D eigenvalue weighted by atomic mass is 10.1. The number of halogens is 2. The largest absolute Gasteiger partial charge is 0.398 e. The fourth-order valence-electron chi connectivity index (χ4n) is 2.16. The minimum absolute atomic E-state index is 0.216. The number of carbonyl (C=O) groups excluding carboxylic acids is 1. The molecule has 110 valence electrons. The molecule has 5 heteroatoms. The molecule has 0 atom stereocenters. The number of benzene rings is 2. The monoisotopic (exact) mass is 306 g/mol. The molecule has 0 bridgehead atoms. The molecule has 2 rings (SSSR count). The van der Waals surface area contributed by atoms with Gasteiger partial charge in [0.1, 0.15) is 5.82 Å². The summed E-state index contributed by atoms with van der Waals surface area (Å²) in [5.41, 5.74) is 8.42. The Morgan fingerprint density at radius 2 is 1.86 bits per heavy atom. The molecule has 0 aromatic heterocycles. The molecule has 3 N–H and O–H groups in total. The van der Waals surface area contributed by atoms with Gasteiger partial charge in [-0.1, -0.05) is 23.7 Å². The number of nitrogens with one attached hydrogen (secondary N) is 1. The summed E-state index contributed by atoms with van der Waals surface area (Å²) in [7, 11) is 0. The van der Waals surface area contributed by atoms with E-state index in [4.69, 9.17) is 17.3 Å². The molecule has 3 nitrogen and oxygen atoms in total. The predicted molar refractivity (Wildman–Crippen MR) is 82.9 cm³/mol. The number of nitrogens with two attached hydrogens (primary N) is 1. The molecule has 0 spiro atoms. The molecule has 0 aliphatic carbocycles. The third kappa shape index (κ3) is 3.52. The van der Waals surface area contributed by atoms with Crippen molar-refractivity contribution in [2.45, 2.75) is 20.4 Å². The highest BCUT2D eigenvalue weighted by molar-refractivity contribution is 6.31. The van der Waals surface area contributed by atoms with Gasteiger partial charge in [-0.05, 0) is 48.7 Å². The van der Waals surface area contributed by atoms with Gasteiger partial charge in [0.05, 0.1) is 5.56 Å². The number of carbonyl (C=O) groups is 1. The van der Waals surface area contributed by atoms with E-state index in [1.807, 2.05) is 0 Å². The second kappa shape index (κ2) is 6.14. The number of hydrogen-bond acceptors (Lipinski definition) is 2. The Kier molecular flexibility index (Phi) is 4.48. The molecule has 2 aromatic rings. The summed E-state index contributed by atoms with van der Waals surface area (Å²) >= 11 is 5.80. The molecule has 0 aliphatic heterocycles. The average Bonchev–Trinajstić information content (AvgIpc) is 2.42. The average molecular weight is 307 g/mol. The van der Waals surface area contributed by atoms with E-state index in [1.54, 1.807) is 38.1 Å². The minimum Gasteiger partial charge on any atom is -0.398 e. The van der Waals surface area contributed by atoms with E-state index in [1.165, 1.54) is 6.07 Å². The van der Waals surface area contributed by atoms with Crippen LogP contribution >= 0.6 is 11.6 Å². The maximum atomic E-state index is 13.5. The Balaban J connectivity index is 2.11. The highest BCUT2D eigenvalue weighted by Crippen LogP contribution is 2.18. The molecule has 0 radical (unpaired) electrons. The summed E-state index contributed by atoms with van der Waals surface area (Å²) in [5, 5.41) is 3.25. The zero-order chi connectivity index (χ0) is 15.6. The Morgan fingerprint density at radius 3 is 2.43 bits per heavy atom. The van der Waals surface area contributed by atoms with E-state index >= 15 is 0 Å². The maximum Gasteiger partial charge on any atom is 0.253 e. The molecule has 2 aromatic carbocycles. The van der Waals surface area contributed by atoms with Crippen molar-refractivity contribution in [1.82, 2.24) is 5.32 Å². The van der Waals surface area contributed by atoms with Crippen molar-refractivity contribution in [1.29, 1.82) is 0 Å². The smallest absolute Gasteiger partial charge is 0.253 e. The highest BCUT2D eigenvalue weighted by Gasteiger charge is 2.10.